The quantitative estimate of drug-likeness (QED) is 0.690. The summed E-state index contributed by atoms with van der Waals surface area (Å²) in [6, 6.07) is 12.8. The minimum absolute atomic E-state index is 0.00348. The summed E-state index contributed by atoms with van der Waals surface area (Å²) >= 11 is 6.02. The van der Waals surface area contributed by atoms with Crippen LogP contribution in [0.15, 0.2) is 42.5 Å². The second-order valence-electron chi connectivity index (χ2n) is 9.09. The summed E-state index contributed by atoms with van der Waals surface area (Å²) in [5.74, 6) is -0.171. The average molecular weight is 468 g/mol. The molecule has 2 aliphatic rings. The number of carbonyl (C=O) groups excluding carboxylic acids is 3. The van der Waals surface area contributed by atoms with Crippen LogP contribution in [0.3, 0.4) is 0 Å². The fourth-order valence-electron chi connectivity index (χ4n) is 4.84. The first kappa shape index (κ1) is 23.3. The number of aryl methyl sites for hydroxylation is 2. The molecule has 0 radical (unpaired) electrons. The monoisotopic (exact) mass is 467 g/mol. The minimum Gasteiger partial charge on any atom is -0.339 e. The normalized spacial score (nSPS) is 18.9. The fraction of sp³-hybridized carbons (Fsp3) is 0.423. The molecule has 7 heteroatoms. The van der Waals surface area contributed by atoms with Crippen LogP contribution in [-0.4, -0.2) is 71.7 Å². The summed E-state index contributed by atoms with van der Waals surface area (Å²) in [7, 11) is 0. The number of benzene rings is 2. The highest BCUT2D eigenvalue weighted by molar-refractivity contribution is 6.30. The molecule has 1 atom stereocenters. The summed E-state index contributed by atoms with van der Waals surface area (Å²) in [6.45, 7) is 7.11. The number of rotatable bonds is 3. The summed E-state index contributed by atoms with van der Waals surface area (Å²) in [6.07, 6.45) is 1.61. The molecule has 3 amide bonds. The van der Waals surface area contributed by atoms with Gasteiger partial charge in [-0.25, -0.2) is 0 Å². The Labute approximate surface area is 200 Å². The lowest BCUT2D eigenvalue weighted by Gasteiger charge is -2.39. The van der Waals surface area contributed by atoms with Gasteiger partial charge in [-0.1, -0.05) is 34.9 Å². The third-order valence-corrected chi connectivity index (χ3v) is 6.71. The Hall–Kier alpha value is -2.86. The number of amides is 3. The first-order valence-electron chi connectivity index (χ1n) is 11.5. The molecule has 2 heterocycles. The number of carbonyl (C=O) groups is 3. The van der Waals surface area contributed by atoms with Crippen LogP contribution < -0.4 is 0 Å². The van der Waals surface area contributed by atoms with Crippen molar-refractivity contribution in [2.24, 2.45) is 5.92 Å². The first-order chi connectivity index (χ1) is 15.8. The molecule has 0 bridgehead atoms. The van der Waals surface area contributed by atoms with Crippen LogP contribution in [0.25, 0.3) is 0 Å². The number of halogens is 1. The van der Waals surface area contributed by atoms with Crippen molar-refractivity contribution in [2.45, 2.75) is 26.7 Å². The zero-order valence-corrected chi connectivity index (χ0v) is 20.0. The van der Waals surface area contributed by atoms with Gasteiger partial charge in [-0.15, -0.1) is 0 Å². The van der Waals surface area contributed by atoms with Crippen molar-refractivity contribution >= 4 is 29.3 Å². The van der Waals surface area contributed by atoms with Gasteiger partial charge >= 0.3 is 0 Å². The molecule has 2 fully saturated rings. The van der Waals surface area contributed by atoms with Gasteiger partial charge in [0.05, 0.1) is 5.92 Å². The lowest BCUT2D eigenvalue weighted by Crippen LogP contribution is -2.54. The number of nitrogens with zero attached hydrogens (tertiary/aromatic N) is 3. The molecule has 0 spiro atoms. The van der Waals surface area contributed by atoms with E-state index in [1.807, 2.05) is 35.8 Å². The zero-order chi connectivity index (χ0) is 23.5. The van der Waals surface area contributed by atoms with Gasteiger partial charge in [-0.2, -0.15) is 0 Å². The molecule has 2 aromatic carbocycles. The largest absolute Gasteiger partial charge is 0.339 e. The van der Waals surface area contributed by atoms with Gasteiger partial charge in [0.1, 0.15) is 0 Å². The van der Waals surface area contributed by atoms with Gasteiger partial charge in [-0.3, -0.25) is 14.4 Å². The van der Waals surface area contributed by atoms with Crippen molar-refractivity contribution < 1.29 is 14.4 Å². The fourth-order valence-corrected chi connectivity index (χ4v) is 5.03. The van der Waals surface area contributed by atoms with E-state index in [1.54, 1.807) is 29.2 Å². The summed E-state index contributed by atoms with van der Waals surface area (Å²) in [4.78, 5) is 44.5. The molecule has 4 rings (SSSR count). The molecular weight excluding hydrogens is 438 g/mol. The zero-order valence-electron chi connectivity index (χ0n) is 19.2. The van der Waals surface area contributed by atoms with Gasteiger partial charge in [0, 0.05) is 55.4 Å². The van der Waals surface area contributed by atoms with Crippen molar-refractivity contribution in [3.63, 3.8) is 0 Å². The highest BCUT2D eigenvalue weighted by Crippen LogP contribution is 2.23. The van der Waals surface area contributed by atoms with Crippen LogP contribution in [0.4, 0.5) is 0 Å². The van der Waals surface area contributed by atoms with E-state index in [1.165, 1.54) is 0 Å². The molecule has 0 N–H and O–H groups in total. The molecule has 1 unspecified atom stereocenters. The van der Waals surface area contributed by atoms with Gasteiger partial charge in [0.15, 0.2) is 0 Å². The lowest BCUT2D eigenvalue weighted by atomic mass is 9.95. The van der Waals surface area contributed by atoms with Crippen molar-refractivity contribution in [2.75, 3.05) is 39.3 Å². The van der Waals surface area contributed by atoms with Gasteiger partial charge in [-0.05, 0) is 57.0 Å². The number of hydrogen-bond donors (Lipinski definition) is 0. The molecule has 6 nitrogen and oxygen atoms in total. The van der Waals surface area contributed by atoms with E-state index in [2.05, 4.69) is 6.07 Å². The maximum Gasteiger partial charge on any atom is 0.254 e. The van der Waals surface area contributed by atoms with Crippen molar-refractivity contribution in [1.29, 1.82) is 0 Å². The van der Waals surface area contributed by atoms with Gasteiger partial charge in [0.25, 0.3) is 11.8 Å². The number of likely N-dealkylation sites (tertiary alicyclic amines) is 1. The Morgan fingerprint density at radius 2 is 1.42 bits per heavy atom. The lowest BCUT2D eigenvalue weighted by molar-refractivity contribution is -0.138. The topological polar surface area (TPSA) is 60.9 Å². The maximum absolute atomic E-state index is 13.2. The van der Waals surface area contributed by atoms with E-state index in [9.17, 15) is 14.4 Å². The molecule has 174 valence electrons. The summed E-state index contributed by atoms with van der Waals surface area (Å²) < 4.78 is 0. The Morgan fingerprint density at radius 3 is 2.09 bits per heavy atom. The SMILES string of the molecule is Cc1cc(C)cc(C(=O)N2CCCC(C(=O)N3CCN(C(=O)c4cccc(Cl)c4)CC3)C2)c1. The molecule has 33 heavy (non-hydrogen) atoms. The van der Waals surface area contributed by atoms with Crippen molar-refractivity contribution in [3.05, 3.63) is 69.7 Å². The first-order valence-corrected chi connectivity index (χ1v) is 11.9. The molecule has 0 aliphatic carbocycles. The Morgan fingerprint density at radius 1 is 0.788 bits per heavy atom. The average Bonchev–Trinajstić information content (AvgIpc) is 2.82. The predicted molar refractivity (Wildman–Crippen MR) is 128 cm³/mol. The Balaban J connectivity index is 1.35. The van der Waals surface area contributed by atoms with Crippen LogP contribution >= 0.6 is 11.6 Å². The van der Waals surface area contributed by atoms with Crippen LogP contribution in [0.2, 0.25) is 5.02 Å². The van der Waals surface area contributed by atoms with Crippen LogP contribution in [0, 0.1) is 19.8 Å². The minimum atomic E-state index is -0.191. The predicted octanol–water partition coefficient (Wildman–Crippen LogP) is 3.79. The van der Waals surface area contributed by atoms with Crippen molar-refractivity contribution in [1.82, 2.24) is 14.7 Å². The smallest absolute Gasteiger partial charge is 0.254 e. The summed E-state index contributed by atoms with van der Waals surface area (Å²) in [5.41, 5.74) is 3.38. The van der Waals surface area contributed by atoms with Crippen LogP contribution in [-0.2, 0) is 4.79 Å². The second kappa shape index (κ2) is 9.96. The van der Waals surface area contributed by atoms with Crippen molar-refractivity contribution in [3.8, 4) is 0 Å². The van der Waals surface area contributed by atoms with E-state index >= 15 is 0 Å². The van der Waals surface area contributed by atoms with Gasteiger partial charge in [0.2, 0.25) is 5.91 Å². The third kappa shape index (κ3) is 5.38. The van der Waals surface area contributed by atoms with Crippen LogP contribution in [0.1, 0.15) is 44.7 Å². The molecule has 2 saturated heterocycles. The van der Waals surface area contributed by atoms with Gasteiger partial charge < -0.3 is 14.7 Å². The molecule has 2 aromatic rings. The van der Waals surface area contributed by atoms with E-state index in [0.29, 0.717) is 55.4 Å². The number of hydrogen-bond acceptors (Lipinski definition) is 3. The third-order valence-electron chi connectivity index (χ3n) is 6.48. The standard InChI is InChI=1S/C26H30ClN3O3/c1-18-13-19(2)15-22(14-18)26(33)30-8-4-6-21(17-30)25(32)29-11-9-28(10-12-29)24(31)20-5-3-7-23(27)16-20/h3,5,7,13-16,21H,4,6,8-12,17H2,1-2H3. The second-order valence-corrected chi connectivity index (χ2v) is 9.53. The molecular formula is C26H30ClN3O3. The van der Waals surface area contributed by atoms with E-state index < -0.39 is 0 Å². The molecule has 2 aliphatic heterocycles. The van der Waals surface area contributed by atoms with E-state index in [-0.39, 0.29) is 23.6 Å². The van der Waals surface area contributed by atoms with Crippen LogP contribution in [0.5, 0.6) is 0 Å². The highest BCUT2D eigenvalue weighted by Gasteiger charge is 2.33. The molecule has 0 saturated carbocycles. The Kier molecular flexibility index (Phi) is 7.03. The maximum atomic E-state index is 13.2. The molecule has 0 aromatic heterocycles. The number of piperazine rings is 1. The number of piperidine rings is 1. The van der Waals surface area contributed by atoms with E-state index in [4.69, 9.17) is 11.6 Å². The van der Waals surface area contributed by atoms with E-state index in [0.717, 1.165) is 24.0 Å². The Bertz CT molecular complexity index is 1040. The summed E-state index contributed by atoms with van der Waals surface area (Å²) in [5, 5.41) is 0.534. The highest BCUT2D eigenvalue weighted by atomic mass is 35.5.